The average Bonchev–Trinajstić information content (AvgIpc) is 2.83. The molecule has 33 heavy (non-hydrogen) atoms. The highest BCUT2D eigenvalue weighted by Crippen LogP contribution is 2.24. The molecule has 9 heteroatoms. The highest BCUT2D eigenvalue weighted by atomic mass is 28.4. The third kappa shape index (κ3) is 15.0. The topological polar surface area (TPSA) is 75.6 Å². The van der Waals surface area contributed by atoms with E-state index in [4.69, 9.17) is 26.6 Å². The van der Waals surface area contributed by atoms with Gasteiger partial charge in [-0.05, 0) is 32.6 Å². The van der Waals surface area contributed by atoms with Gasteiger partial charge in [0.2, 0.25) is 0 Å². The van der Waals surface area contributed by atoms with E-state index in [2.05, 4.69) is 0 Å². The van der Waals surface area contributed by atoms with Gasteiger partial charge in [0.25, 0.3) is 0 Å². The molecule has 0 radical (unpaired) electrons. The number of rotatable bonds is 24. The van der Waals surface area contributed by atoms with Gasteiger partial charge in [0, 0.05) is 54.7 Å². The first-order valence-electron chi connectivity index (χ1n) is 12.8. The molecule has 0 amide bonds. The van der Waals surface area contributed by atoms with Crippen molar-refractivity contribution in [3.8, 4) is 0 Å². The lowest BCUT2D eigenvalue weighted by Gasteiger charge is -2.24. The fourth-order valence-electron chi connectivity index (χ4n) is 4.35. The fraction of sp³-hybridized carbons (Fsp3) is 1.00. The third-order valence-electron chi connectivity index (χ3n) is 6.76. The molecule has 0 aliphatic rings. The van der Waals surface area contributed by atoms with Crippen LogP contribution in [0.2, 0.25) is 12.1 Å². The van der Waals surface area contributed by atoms with E-state index in [1.54, 1.807) is 42.7 Å². The highest BCUT2D eigenvalue weighted by Gasteiger charge is 2.37. The smallest absolute Gasteiger partial charge is 0.390 e. The predicted molar refractivity (Wildman–Crippen MR) is 138 cm³/mol. The maximum atomic E-state index is 10.7. The molecule has 0 saturated carbocycles. The second kappa shape index (κ2) is 19.4. The van der Waals surface area contributed by atoms with E-state index in [0.29, 0.717) is 0 Å². The van der Waals surface area contributed by atoms with Crippen LogP contribution in [0.5, 0.6) is 0 Å². The van der Waals surface area contributed by atoms with Gasteiger partial charge in [-0.15, -0.1) is 0 Å². The van der Waals surface area contributed by atoms with Gasteiger partial charge >= 0.3 is 17.6 Å². The summed E-state index contributed by atoms with van der Waals surface area (Å²) in [5.41, 5.74) is -0.527. The zero-order chi connectivity index (χ0) is 25.1. The normalized spacial score (nSPS) is 13.1. The fourth-order valence-corrected chi connectivity index (χ4v) is 7.94. The van der Waals surface area contributed by atoms with Gasteiger partial charge in [0.15, 0.2) is 0 Å². The summed E-state index contributed by atoms with van der Waals surface area (Å²) in [4.78, 5) is 0. The van der Waals surface area contributed by atoms with Gasteiger partial charge in [-0.25, -0.2) is 0 Å². The van der Waals surface area contributed by atoms with Crippen LogP contribution in [-0.2, 0) is 26.6 Å². The average molecular weight is 511 g/mol. The van der Waals surface area contributed by atoms with Crippen LogP contribution in [0.4, 0.5) is 0 Å². The lowest BCUT2D eigenvalue weighted by molar-refractivity contribution is 0.0366. The van der Waals surface area contributed by atoms with Crippen LogP contribution >= 0.6 is 0 Å². The van der Waals surface area contributed by atoms with Crippen molar-refractivity contribution in [2.45, 2.75) is 115 Å². The van der Waals surface area contributed by atoms with Crippen molar-refractivity contribution in [3.63, 3.8) is 0 Å². The summed E-state index contributed by atoms with van der Waals surface area (Å²) in [7, 11) is 5.22. The maximum absolute atomic E-state index is 10.7. The van der Waals surface area contributed by atoms with Crippen LogP contribution in [0, 0.1) is 0 Å². The number of hydrogen-bond acceptors (Lipinski definition) is 7. The number of unbranched alkanes of at least 4 members (excludes halogenated alkanes) is 10. The molecular weight excluding hydrogens is 456 g/mol. The van der Waals surface area contributed by atoms with Crippen LogP contribution in [-0.4, -0.2) is 71.0 Å². The van der Waals surface area contributed by atoms with Gasteiger partial charge in [-0.2, -0.15) is 0 Å². The summed E-state index contributed by atoms with van der Waals surface area (Å²) < 4.78 is 32.8. The van der Waals surface area contributed by atoms with Crippen molar-refractivity contribution in [1.82, 2.24) is 0 Å². The Morgan fingerprint density at radius 1 is 0.455 bits per heavy atom. The lowest BCUT2D eigenvalue weighted by Crippen LogP contribution is -2.42. The molecule has 1 N–H and O–H groups in total. The van der Waals surface area contributed by atoms with Crippen molar-refractivity contribution in [2.24, 2.45) is 0 Å². The second-order valence-corrected chi connectivity index (χ2v) is 15.5. The summed E-state index contributed by atoms with van der Waals surface area (Å²) in [6.45, 7) is 2.00. The minimum Gasteiger partial charge on any atom is -0.390 e. The second-order valence-electron chi connectivity index (χ2n) is 9.33. The number of hydrogen-bond donors (Lipinski definition) is 1. The summed E-state index contributed by atoms with van der Waals surface area (Å²) >= 11 is 0. The largest absolute Gasteiger partial charge is 0.500 e. The molecule has 200 valence electrons. The Kier molecular flexibility index (Phi) is 19.4. The molecule has 7 nitrogen and oxygen atoms in total. The van der Waals surface area contributed by atoms with Gasteiger partial charge in [0.05, 0.1) is 5.60 Å². The molecule has 0 aliphatic carbocycles. The standard InChI is InChI=1S/C24H54O7Si2/c1-24(25,20-16-12-8-10-14-18-22-32(26-2,27-3)28-4)21-17-13-9-11-15-19-23-33(29-5,30-6)31-7/h25H,8-23H2,1-7H3. The molecule has 0 aromatic heterocycles. The predicted octanol–water partition coefficient (Wildman–Crippen LogP) is 5.96. The highest BCUT2D eigenvalue weighted by molar-refractivity contribution is 6.60. The van der Waals surface area contributed by atoms with E-state index in [0.717, 1.165) is 50.6 Å². The first-order chi connectivity index (χ1) is 15.8. The SMILES string of the molecule is CO[Si](CCCCCCCCC(C)(O)CCCCCCCC[Si](OC)(OC)OC)(OC)OC. The summed E-state index contributed by atoms with van der Waals surface area (Å²) in [6.07, 6.45) is 15.7. The minimum absolute atomic E-state index is 0.527. The van der Waals surface area contributed by atoms with Gasteiger partial charge < -0.3 is 31.7 Å². The molecule has 0 heterocycles. The zero-order valence-electron chi connectivity index (χ0n) is 22.7. The van der Waals surface area contributed by atoms with Crippen LogP contribution in [0.3, 0.4) is 0 Å². The monoisotopic (exact) mass is 510 g/mol. The first kappa shape index (κ1) is 33.2. The van der Waals surface area contributed by atoms with Crippen molar-refractivity contribution >= 4 is 17.6 Å². The van der Waals surface area contributed by atoms with Crippen LogP contribution in [0.25, 0.3) is 0 Å². The van der Waals surface area contributed by atoms with Crippen LogP contribution in [0.15, 0.2) is 0 Å². The summed E-state index contributed by atoms with van der Waals surface area (Å²) in [6, 6.07) is 1.75. The molecule has 0 rings (SSSR count). The van der Waals surface area contributed by atoms with E-state index in [9.17, 15) is 5.11 Å². The Hall–Kier alpha value is 0.154. The molecule has 0 aromatic carbocycles. The zero-order valence-corrected chi connectivity index (χ0v) is 24.7. The van der Waals surface area contributed by atoms with Crippen LogP contribution in [0.1, 0.15) is 96.8 Å². The van der Waals surface area contributed by atoms with Crippen LogP contribution < -0.4 is 0 Å². The Labute approximate surface area is 206 Å². The molecular formula is C24H54O7Si2. The van der Waals surface area contributed by atoms with Gasteiger partial charge in [-0.3, -0.25) is 0 Å². The van der Waals surface area contributed by atoms with Gasteiger partial charge in [-0.1, -0.05) is 64.2 Å². The number of aliphatic hydroxyl groups is 1. The van der Waals surface area contributed by atoms with E-state index >= 15 is 0 Å². The van der Waals surface area contributed by atoms with E-state index < -0.39 is 23.2 Å². The Balaban J connectivity index is 3.68. The van der Waals surface area contributed by atoms with Crippen molar-refractivity contribution < 1.29 is 31.7 Å². The Bertz CT molecular complexity index is 390. The molecule has 0 unspecified atom stereocenters. The van der Waals surface area contributed by atoms with E-state index in [-0.39, 0.29) is 0 Å². The first-order valence-corrected chi connectivity index (χ1v) is 16.7. The quantitative estimate of drug-likeness (QED) is 0.127. The van der Waals surface area contributed by atoms with Crippen molar-refractivity contribution in [3.05, 3.63) is 0 Å². The molecule has 0 spiro atoms. The molecule has 0 aromatic rings. The molecule has 0 fully saturated rings. The maximum Gasteiger partial charge on any atom is 0.500 e. The molecule has 0 atom stereocenters. The van der Waals surface area contributed by atoms with E-state index in [1.165, 1.54) is 51.4 Å². The van der Waals surface area contributed by atoms with Crippen molar-refractivity contribution in [1.29, 1.82) is 0 Å². The minimum atomic E-state index is -2.40. The summed E-state index contributed by atoms with van der Waals surface area (Å²) in [5.74, 6) is 0. The lowest BCUT2D eigenvalue weighted by atomic mass is 9.91. The third-order valence-corrected chi connectivity index (χ3v) is 12.4. The Morgan fingerprint density at radius 2 is 0.697 bits per heavy atom. The molecule has 0 bridgehead atoms. The van der Waals surface area contributed by atoms with Gasteiger partial charge in [0.1, 0.15) is 0 Å². The van der Waals surface area contributed by atoms with E-state index in [1.807, 2.05) is 6.92 Å². The molecule has 0 saturated heterocycles. The Morgan fingerprint density at radius 3 is 0.970 bits per heavy atom. The molecule has 0 aliphatic heterocycles. The summed E-state index contributed by atoms with van der Waals surface area (Å²) in [5, 5.41) is 10.7. The van der Waals surface area contributed by atoms with Crippen molar-refractivity contribution in [2.75, 3.05) is 42.7 Å².